The maximum Gasteiger partial charge on any atom is 0.144 e. The van der Waals surface area contributed by atoms with E-state index in [2.05, 4.69) is 294 Å². The summed E-state index contributed by atoms with van der Waals surface area (Å²) in [5, 5.41) is 7.11. The van der Waals surface area contributed by atoms with Crippen LogP contribution < -0.4 is 4.90 Å². The number of furan rings is 2. The fraction of sp³-hybridized carbons (Fsp3) is 0.111. The molecule has 12 aromatic carbocycles. The normalized spacial score (nSPS) is 14.8. The molecule has 0 bridgehead atoms. The predicted molar refractivity (Wildman–Crippen MR) is 354 cm³/mol. The predicted octanol–water partition coefficient (Wildman–Crippen LogP) is 22.3. The lowest BCUT2D eigenvalue weighted by molar-refractivity contribution is 0.600. The highest BCUT2D eigenvalue weighted by atomic mass is 16.3. The van der Waals surface area contributed by atoms with E-state index in [9.17, 15) is 0 Å². The van der Waals surface area contributed by atoms with Crippen LogP contribution in [0.4, 0.5) is 17.1 Å². The van der Waals surface area contributed by atoms with Crippen molar-refractivity contribution in [2.45, 2.75) is 57.8 Å². The quantitative estimate of drug-likeness (QED) is 0.166. The lowest BCUT2D eigenvalue weighted by Gasteiger charge is -2.32. The Balaban J connectivity index is 0.830. The van der Waals surface area contributed by atoms with Gasteiger partial charge in [-0.05, 0) is 163 Å². The third-order valence-electron chi connectivity index (χ3n) is 19.9. The molecule has 404 valence electrons. The standard InChI is InChI=1S/C81H58N2O2/c1-79(2)63-44-52(38-40-56(63)70-65(79)46-60(77-72(70)58-27-15-19-31-68(58)84-77)49-35-42-67-61(43-49)54-25-14-18-30-66(54)83(67)50-23-11-8-12-24-50)82(51-36-33-48(34-37-51)47-21-9-7-10-22-47)53-39-41-57-64(45-53)81(5,6)75-71(57)73-59-28-16-20-32-69(59)85-78(73)74-55-26-13-17-29-62(55)80(3,4)76(74)75/h7-46H,1-6H3. The van der Waals surface area contributed by atoms with Crippen molar-refractivity contribution in [1.29, 1.82) is 0 Å². The Morgan fingerprint density at radius 2 is 0.824 bits per heavy atom. The van der Waals surface area contributed by atoms with Crippen molar-refractivity contribution in [2.75, 3.05) is 4.90 Å². The molecule has 3 aromatic heterocycles. The number of para-hydroxylation sites is 4. The van der Waals surface area contributed by atoms with E-state index in [0.717, 1.165) is 67.0 Å². The van der Waals surface area contributed by atoms with Gasteiger partial charge in [-0.1, -0.05) is 199 Å². The van der Waals surface area contributed by atoms with Crippen LogP contribution in [0.15, 0.2) is 251 Å². The third-order valence-corrected chi connectivity index (χ3v) is 19.9. The number of rotatable bonds is 6. The van der Waals surface area contributed by atoms with Crippen molar-refractivity contribution in [3.05, 3.63) is 276 Å². The van der Waals surface area contributed by atoms with Crippen molar-refractivity contribution in [3.63, 3.8) is 0 Å². The highest BCUT2D eigenvalue weighted by Gasteiger charge is 2.49. The van der Waals surface area contributed by atoms with Crippen LogP contribution in [0.2, 0.25) is 0 Å². The van der Waals surface area contributed by atoms with Crippen LogP contribution in [0.1, 0.15) is 74.9 Å². The van der Waals surface area contributed by atoms with E-state index in [1.807, 2.05) is 0 Å². The molecule has 3 heterocycles. The monoisotopic (exact) mass is 1090 g/mol. The topological polar surface area (TPSA) is 34.5 Å². The number of aromatic nitrogens is 1. The van der Waals surface area contributed by atoms with E-state index >= 15 is 0 Å². The van der Waals surface area contributed by atoms with Gasteiger partial charge in [-0.2, -0.15) is 0 Å². The van der Waals surface area contributed by atoms with Gasteiger partial charge in [-0.15, -0.1) is 0 Å². The van der Waals surface area contributed by atoms with Gasteiger partial charge in [0.05, 0.1) is 11.0 Å². The second kappa shape index (κ2) is 17.0. The third kappa shape index (κ3) is 6.46. The molecule has 3 aliphatic carbocycles. The summed E-state index contributed by atoms with van der Waals surface area (Å²) in [6.45, 7) is 14.6. The Labute approximate surface area is 493 Å². The maximum atomic E-state index is 7.09. The van der Waals surface area contributed by atoms with Gasteiger partial charge < -0.3 is 18.3 Å². The second-order valence-electron chi connectivity index (χ2n) is 25.5. The summed E-state index contributed by atoms with van der Waals surface area (Å²) >= 11 is 0. The molecule has 0 radical (unpaired) electrons. The molecule has 0 saturated heterocycles. The van der Waals surface area contributed by atoms with Crippen molar-refractivity contribution in [2.24, 2.45) is 0 Å². The average Bonchev–Trinajstić information content (AvgIpc) is 1.63. The van der Waals surface area contributed by atoms with E-state index in [0.29, 0.717) is 0 Å². The number of anilines is 3. The van der Waals surface area contributed by atoms with E-state index in [4.69, 9.17) is 8.83 Å². The molecule has 85 heavy (non-hydrogen) atoms. The Bertz CT molecular complexity index is 5380. The molecule has 0 fully saturated rings. The smallest absolute Gasteiger partial charge is 0.144 e. The molecule has 0 N–H and O–H groups in total. The summed E-state index contributed by atoms with van der Waals surface area (Å²) in [5.74, 6) is 0. The molecule has 0 spiro atoms. The average molecular weight is 1090 g/mol. The van der Waals surface area contributed by atoms with Gasteiger partial charge in [0.1, 0.15) is 22.3 Å². The SMILES string of the molecule is CC1(C)c2cc(N(c3ccc(-c4ccccc4)cc3)c3ccc4c(c3)C(C)(C)c3c5c(c6oc7ccccc7c6c3-4)-c3ccccc3C5(C)C)ccc2-c2c1cc(-c1ccc3c(c1)c1ccccc1n3-c1ccccc1)c1oc3ccccc3c21. The van der Waals surface area contributed by atoms with Gasteiger partial charge in [0.2, 0.25) is 0 Å². The minimum Gasteiger partial charge on any atom is -0.455 e. The van der Waals surface area contributed by atoms with Gasteiger partial charge in [0, 0.05) is 82.4 Å². The zero-order chi connectivity index (χ0) is 56.8. The fourth-order valence-corrected chi connectivity index (χ4v) is 16.0. The van der Waals surface area contributed by atoms with Crippen LogP contribution in [0.5, 0.6) is 0 Å². The van der Waals surface area contributed by atoms with E-state index in [1.54, 1.807) is 0 Å². The molecule has 0 unspecified atom stereocenters. The van der Waals surface area contributed by atoms with E-state index in [1.165, 1.54) is 110 Å². The van der Waals surface area contributed by atoms with E-state index < -0.39 is 0 Å². The molecular formula is C81H58N2O2. The lowest BCUT2D eigenvalue weighted by Crippen LogP contribution is -2.24. The van der Waals surface area contributed by atoms with Crippen molar-refractivity contribution >= 4 is 82.7 Å². The van der Waals surface area contributed by atoms with Gasteiger partial charge in [0.25, 0.3) is 0 Å². The number of hydrogen-bond donors (Lipinski definition) is 0. The molecule has 15 aromatic rings. The zero-order valence-electron chi connectivity index (χ0n) is 48.3. The van der Waals surface area contributed by atoms with Crippen LogP contribution in [-0.4, -0.2) is 4.57 Å². The van der Waals surface area contributed by atoms with Crippen molar-refractivity contribution < 1.29 is 8.83 Å². The van der Waals surface area contributed by atoms with Crippen molar-refractivity contribution in [3.8, 4) is 61.3 Å². The number of nitrogens with zero attached hydrogens (tertiary/aromatic N) is 2. The molecule has 3 aliphatic rings. The summed E-state index contributed by atoms with van der Waals surface area (Å²) < 4.78 is 16.5. The first-order valence-electron chi connectivity index (χ1n) is 29.9. The number of hydrogen-bond acceptors (Lipinski definition) is 3. The number of benzene rings is 12. The van der Waals surface area contributed by atoms with Gasteiger partial charge >= 0.3 is 0 Å². The highest BCUT2D eigenvalue weighted by molar-refractivity contribution is 6.22. The van der Waals surface area contributed by atoms with Crippen LogP contribution in [0, 0.1) is 0 Å². The van der Waals surface area contributed by atoms with Crippen LogP contribution in [0.25, 0.3) is 127 Å². The minimum absolute atomic E-state index is 0.250. The second-order valence-corrected chi connectivity index (χ2v) is 25.5. The Hall–Kier alpha value is -10.2. The highest BCUT2D eigenvalue weighted by Crippen LogP contribution is 2.64. The fourth-order valence-electron chi connectivity index (χ4n) is 16.0. The molecule has 18 rings (SSSR count). The summed E-state index contributed by atoms with van der Waals surface area (Å²) in [4.78, 5) is 2.50. The van der Waals surface area contributed by atoms with Gasteiger partial charge in [0.15, 0.2) is 0 Å². The largest absolute Gasteiger partial charge is 0.455 e. The van der Waals surface area contributed by atoms with Crippen LogP contribution in [0.3, 0.4) is 0 Å². The first-order chi connectivity index (χ1) is 41.4. The van der Waals surface area contributed by atoms with Crippen LogP contribution in [-0.2, 0) is 16.2 Å². The zero-order valence-corrected chi connectivity index (χ0v) is 48.3. The molecule has 4 nitrogen and oxygen atoms in total. The summed E-state index contributed by atoms with van der Waals surface area (Å²) in [6, 6.07) is 89.6. The summed E-state index contributed by atoms with van der Waals surface area (Å²) in [5.41, 5.74) is 29.8. The molecule has 4 heteroatoms. The van der Waals surface area contributed by atoms with E-state index in [-0.39, 0.29) is 16.2 Å². The molecular weight excluding hydrogens is 1030 g/mol. The molecule has 0 aliphatic heterocycles. The van der Waals surface area contributed by atoms with Crippen LogP contribution >= 0.6 is 0 Å². The summed E-state index contributed by atoms with van der Waals surface area (Å²) in [6.07, 6.45) is 0. The summed E-state index contributed by atoms with van der Waals surface area (Å²) in [7, 11) is 0. The Morgan fingerprint density at radius 3 is 1.54 bits per heavy atom. The lowest BCUT2D eigenvalue weighted by atomic mass is 9.72. The Morgan fingerprint density at radius 1 is 0.318 bits per heavy atom. The molecule has 0 atom stereocenters. The van der Waals surface area contributed by atoms with Crippen molar-refractivity contribution in [1.82, 2.24) is 4.57 Å². The number of fused-ring (bicyclic) bond motifs is 22. The minimum atomic E-state index is -0.386. The maximum absolute atomic E-state index is 7.09. The Kier molecular flexibility index (Phi) is 9.67. The first-order valence-corrected chi connectivity index (χ1v) is 29.9. The van der Waals surface area contributed by atoms with Gasteiger partial charge in [-0.3, -0.25) is 0 Å². The first kappa shape index (κ1) is 48.4. The molecule has 0 amide bonds. The van der Waals surface area contributed by atoms with Gasteiger partial charge in [-0.25, -0.2) is 0 Å². The molecule has 0 saturated carbocycles.